The van der Waals surface area contributed by atoms with Crippen molar-refractivity contribution in [1.82, 2.24) is 9.97 Å². The number of hydrogen-bond donors (Lipinski definition) is 3. The zero-order chi connectivity index (χ0) is 13.0. The molecule has 4 N–H and O–H groups in total. The van der Waals surface area contributed by atoms with Gasteiger partial charge in [-0.05, 0) is 19.8 Å². The van der Waals surface area contributed by atoms with Crippen LogP contribution in [-0.2, 0) is 11.2 Å². The van der Waals surface area contributed by atoms with Crippen molar-refractivity contribution in [2.24, 2.45) is 5.84 Å². The second kappa shape index (κ2) is 5.97. The zero-order valence-electron chi connectivity index (χ0n) is 10.9. The molecule has 0 bridgehead atoms. The molecule has 0 amide bonds. The van der Waals surface area contributed by atoms with Crippen LogP contribution < -0.4 is 16.6 Å². The summed E-state index contributed by atoms with van der Waals surface area (Å²) < 4.78 is 5.53. The highest BCUT2D eigenvalue weighted by Crippen LogP contribution is 2.26. The molecule has 1 saturated carbocycles. The molecule has 0 saturated heterocycles. The molecule has 1 aromatic heterocycles. The molecular weight excluding hydrogens is 230 g/mol. The van der Waals surface area contributed by atoms with Crippen LogP contribution in [0.4, 0.5) is 11.6 Å². The third-order valence-electron chi connectivity index (χ3n) is 3.09. The van der Waals surface area contributed by atoms with Gasteiger partial charge in [0.15, 0.2) is 0 Å². The number of nitrogens with zero attached hydrogens (tertiary/aromatic N) is 2. The Morgan fingerprint density at radius 3 is 2.67 bits per heavy atom. The summed E-state index contributed by atoms with van der Waals surface area (Å²) in [5, 5.41) is 3.39. The SMILES string of the molecule is CCOC1CC(Nc2cc(NN)nc(CC)n2)C1. The fourth-order valence-corrected chi connectivity index (χ4v) is 2.07. The Balaban J connectivity index is 1.93. The lowest BCUT2D eigenvalue weighted by Crippen LogP contribution is -2.41. The maximum absolute atomic E-state index is 5.53. The van der Waals surface area contributed by atoms with E-state index in [0.717, 1.165) is 37.5 Å². The first kappa shape index (κ1) is 13.0. The van der Waals surface area contributed by atoms with Crippen LogP contribution in [0.25, 0.3) is 0 Å². The van der Waals surface area contributed by atoms with Gasteiger partial charge in [-0.1, -0.05) is 6.92 Å². The molecule has 1 aliphatic carbocycles. The van der Waals surface area contributed by atoms with E-state index in [4.69, 9.17) is 10.6 Å². The standard InChI is InChI=1S/C12H21N5O/c1-3-10-15-11(7-12(16-10)17-13)14-8-5-9(6-8)18-4-2/h7-9H,3-6,13H2,1-2H3,(H2,14,15,16,17). The van der Waals surface area contributed by atoms with E-state index in [9.17, 15) is 0 Å². The highest BCUT2D eigenvalue weighted by molar-refractivity contribution is 5.47. The fraction of sp³-hybridized carbons (Fsp3) is 0.667. The molecule has 0 unspecified atom stereocenters. The largest absolute Gasteiger partial charge is 0.378 e. The van der Waals surface area contributed by atoms with Crippen LogP contribution in [0.5, 0.6) is 0 Å². The molecule has 1 aromatic rings. The number of hydrazine groups is 1. The molecule has 0 aromatic carbocycles. The van der Waals surface area contributed by atoms with Gasteiger partial charge in [0.05, 0.1) is 6.10 Å². The summed E-state index contributed by atoms with van der Waals surface area (Å²) in [4.78, 5) is 8.69. The van der Waals surface area contributed by atoms with Gasteiger partial charge in [-0.25, -0.2) is 15.8 Å². The third kappa shape index (κ3) is 3.08. The second-order valence-corrected chi connectivity index (χ2v) is 4.44. The van der Waals surface area contributed by atoms with Crippen molar-refractivity contribution in [2.45, 2.75) is 45.3 Å². The number of nitrogens with one attached hydrogen (secondary N) is 2. The van der Waals surface area contributed by atoms with Crippen molar-refractivity contribution in [2.75, 3.05) is 17.3 Å². The average Bonchev–Trinajstić information content (AvgIpc) is 2.35. The Morgan fingerprint density at radius 2 is 2.06 bits per heavy atom. The summed E-state index contributed by atoms with van der Waals surface area (Å²) >= 11 is 0. The smallest absolute Gasteiger partial charge is 0.145 e. The highest BCUT2D eigenvalue weighted by atomic mass is 16.5. The van der Waals surface area contributed by atoms with Gasteiger partial charge in [-0.3, -0.25) is 0 Å². The number of aromatic nitrogens is 2. The number of ether oxygens (including phenoxy) is 1. The lowest BCUT2D eigenvalue weighted by molar-refractivity contribution is 0.00292. The van der Waals surface area contributed by atoms with E-state index in [1.807, 2.05) is 19.9 Å². The van der Waals surface area contributed by atoms with Crippen LogP contribution in [0.2, 0.25) is 0 Å². The number of anilines is 2. The molecular formula is C12H21N5O. The number of hydrogen-bond acceptors (Lipinski definition) is 6. The zero-order valence-corrected chi connectivity index (χ0v) is 10.9. The van der Waals surface area contributed by atoms with Gasteiger partial charge in [0.2, 0.25) is 0 Å². The lowest BCUT2D eigenvalue weighted by Gasteiger charge is -2.35. The van der Waals surface area contributed by atoms with E-state index in [1.165, 1.54) is 0 Å². The van der Waals surface area contributed by atoms with E-state index in [2.05, 4.69) is 20.7 Å². The lowest BCUT2D eigenvalue weighted by atomic mass is 9.89. The number of aryl methyl sites for hydroxylation is 1. The maximum atomic E-state index is 5.53. The molecule has 6 heteroatoms. The fourth-order valence-electron chi connectivity index (χ4n) is 2.07. The van der Waals surface area contributed by atoms with Crippen molar-refractivity contribution in [3.8, 4) is 0 Å². The predicted octanol–water partition coefficient (Wildman–Crippen LogP) is 1.30. The molecule has 6 nitrogen and oxygen atoms in total. The quantitative estimate of drug-likeness (QED) is 0.522. The summed E-state index contributed by atoms with van der Waals surface area (Å²) in [6.07, 6.45) is 3.25. The van der Waals surface area contributed by atoms with E-state index >= 15 is 0 Å². The molecule has 1 fully saturated rings. The summed E-state index contributed by atoms with van der Waals surface area (Å²) in [6, 6.07) is 2.26. The van der Waals surface area contributed by atoms with E-state index in [-0.39, 0.29) is 0 Å². The van der Waals surface area contributed by atoms with Crippen LogP contribution in [0, 0.1) is 0 Å². The van der Waals surface area contributed by atoms with Crippen molar-refractivity contribution >= 4 is 11.6 Å². The molecule has 0 aliphatic heterocycles. The first-order valence-electron chi connectivity index (χ1n) is 6.47. The van der Waals surface area contributed by atoms with Gasteiger partial charge < -0.3 is 15.5 Å². The molecule has 2 rings (SSSR count). The number of nitrogen functional groups attached to an aromatic ring is 1. The van der Waals surface area contributed by atoms with Crippen molar-refractivity contribution in [3.63, 3.8) is 0 Å². The van der Waals surface area contributed by atoms with Crippen LogP contribution in [0.3, 0.4) is 0 Å². The van der Waals surface area contributed by atoms with Gasteiger partial charge in [0.1, 0.15) is 17.5 Å². The minimum absolute atomic E-state index is 0.395. The molecule has 0 radical (unpaired) electrons. The van der Waals surface area contributed by atoms with Gasteiger partial charge in [0, 0.05) is 25.1 Å². The minimum atomic E-state index is 0.395. The second-order valence-electron chi connectivity index (χ2n) is 4.44. The van der Waals surface area contributed by atoms with E-state index in [0.29, 0.717) is 18.0 Å². The van der Waals surface area contributed by atoms with Crippen LogP contribution >= 0.6 is 0 Å². The summed E-state index contributed by atoms with van der Waals surface area (Å²) in [5.74, 6) is 7.65. The van der Waals surface area contributed by atoms with Gasteiger partial charge in [-0.15, -0.1) is 0 Å². The monoisotopic (exact) mass is 251 g/mol. The number of nitrogens with two attached hydrogens (primary N) is 1. The van der Waals surface area contributed by atoms with Crippen molar-refractivity contribution in [3.05, 3.63) is 11.9 Å². The summed E-state index contributed by atoms with van der Waals surface area (Å²) in [6.45, 7) is 4.83. The Kier molecular flexibility index (Phi) is 4.33. The molecule has 0 atom stereocenters. The molecule has 0 spiro atoms. The van der Waals surface area contributed by atoms with Crippen molar-refractivity contribution < 1.29 is 4.74 Å². The molecule has 100 valence electrons. The number of rotatable bonds is 6. The van der Waals surface area contributed by atoms with Gasteiger partial charge in [0.25, 0.3) is 0 Å². The normalized spacial score (nSPS) is 22.4. The van der Waals surface area contributed by atoms with Gasteiger partial charge in [-0.2, -0.15) is 0 Å². The Bertz CT molecular complexity index is 370. The Labute approximate surface area is 107 Å². The predicted molar refractivity (Wildman–Crippen MR) is 71.3 cm³/mol. The first-order chi connectivity index (χ1) is 8.75. The van der Waals surface area contributed by atoms with Crippen LogP contribution in [-0.4, -0.2) is 28.7 Å². The highest BCUT2D eigenvalue weighted by Gasteiger charge is 2.29. The maximum Gasteiger partial charge on any atom is 0.145 e. The Hall–Kier alpha value is -1.40. The topological polar surface area (TPSA) is 85.1 Å². The Morgan fingerprint density at radius 1 is 1.33 bits per heavy atom. The third-order valence-corrected chi connectivity index (χ3v) is 3.09. The molecule has 18 heavy (non-hydrogen) atoms. The summed E-state index contributed by atoms with van der Waals surface area (Å²) in [5.41, 5.74) is 2.56. The van der Waals surface area contributed by atoms with Crippen LogP contribution in [0.15, 0.2) is 6.07 Å². The first-order valence-corrected chi connectivity index (χ1v) is 6.47. The average molecular weight is 251 g/mol. The van der Waals surface area contributed by atoms with Gasteiger partial charge >= 0.3 is 0 Å². The molecule has 1 aliphatic rings. The van der Waals surface area contributed by atoms with Crippen LogP contribution in [0.1, 0.15) is 32.5 Å². The summed E-state index contributed by atoms with van der Waals surface area (Å²) in [7, 11) is 0. The van der Waals surface area contributed by atoms with Crippen molar-refractivity contribution in [1.29, 1.82) is 0 Å². The minimum Gasteiger partial charge on any atom is -0.378 e. The van der Waals surface area contributed by atoms with E-state index < -0.39 is 0 Å². The van der Waals surface area contributed by atoms with E-state index in [1.54, 1.807) is 0 Å². The molecule has 1 heterocycles.